The third kappa shape index (κ3) is 4.09. The Morgan fingerprint density at radius 3 is 2.97 bits per heavy atom. The Hall–Kier alpha value is -2.96. The SMILES string of the molecule is Cc1cc(F)cnc1N1CCN(C(=O)CCCc2cccc3ncoc23)[C@@H](C)C1. The fourth-order valence-electron chi connectivity index (χ4n) is 4.10. The number of hydrogen-bond acceptors (Lipinski definition) is 5. The van der Waals surface area contributed by atoms with Gasteiger partial charge in [-0.2, -0.15) is 0 Å². The number of benzene rings is 1. The van der Waals surface area contributed by atoms with Crippen LogP contribution in [0.1, 0.15) is 30.9 Å². The summed E-state index contributed by atoms with van der Waals surface area (Å²) >= 11 is 0. The van der Waals surface area contributed by atoms with Crippen LogP contribution < -0.4 is 4.90 Å². The van der Waals surface area contributed by atoms with Crippen LogP contribution in [-0.2, 0) is 11.2 Å². The summed E-state index contributed by atoms with van der Waals surface area (Å²) in [7, 11) is 0. The van der Waals surface area contributed by atoms with Gasteiger partial charge in [-0.1, -0.05) is 12.1 Å². The Morgan fingerprint density at radius 2 is 2.17 bits per heavy atom. The number of pyridine rings is 1. The van der Waals surface area contributed by atoms with Crippen molar-refractivity contribution in [1.29, 1.82) is 0 Å². The van der Waals surface area contributed by atoms with E-state index in [2.05, 4.69) is 21.8 Å². The number of anilines is 1. The standard InChI is InChI=1S/C22H25FN4O2/c1-15-11-18(23)12-24-22(15)26-9-10-27(16(2)13-26)20(28)8-4-6-17-5-3-7-19-21(17)29-14-25-19/h3,5,7,11-12,14,16H,4,6,8-10,13H2,1-2H3/t16-/m0/s1. The van der Waals surface area contributed by atoms with E-state index in [4.69, 9.17) is 4.42 Å². The lowest BCUT2D eigenvalue weighted by Crippen LogP contribution is -2.54. The number of nitrogens with zero attached hydrogens (tertiary/aromatic N) is 4. The van der Waals surface area contributed by atoms with Gasteiger partial charge in [0.1, 0.15) is 17.2 Å². The van der Waals surface area contributed by atoms with Crippen molar-refractivity contribution in [3.63, 3.8) is 0 Å². The van der Waals surface area contributed by atoms with Gasteiger partial charge < -0.3 is 14.2 Å². The molecule has 0 saturated carbocycles. The van der Waals surface area contributed by atoms with Crippen LogP contribution >= 0.6 is 0 Å². The van der Waals surface area contributed by atoms with Crippen molar-refractivity contribution in [2.24, 2.45) is 0 Å². The number of oxazole rings is 1. The van der Waals surface area contributed by atoms with E-state index >= 15 is 0 Å². The number of carbonyl (C=O) groups is 1. The maximum absolute atomic E-state index is 13.3. The molecule has 0 aliphatic carbocycles. The van der Waals surface area contributed by atoms with E-state index in [-0.39, 0.29) is 17.8 Å². The summed E-state index contributed by atoms with van der Waals surface area (Å²) in [4.78, 5) is 25.3. The van der Waals surface area contributed by atoms with Crippen molar-refractivity contribution in [3.05, 3.63) is 53.8 Å². The molecule has 1 aromatic carbocycles. The Kier molecular flexibility index (Phi) is 5.47. The zero-order valence-corrected chi connectivity index (χ0v) is 16.8. The van der Waals surface area contributed by atoms with E-state index in [0.29, 0.717) is 26.1 Å². The molecule has 1 aliphatic heterocycles. The second-order valence-corrected chi connectivity index (χ2v) is 7.65. The molecule has 0 radical (unpaired) electrons. The van der Waals surface area contributed by atoms with Gasteiger partial charge in [0, 0.05) is 32.1 Å². The second-order valence-electron chi connectivity index (χ2n) is 7.65. The summed E-state index contributed by atoms with van der Waals surface area (Å²) in [6.07, 6.45) is 4.76. The fourth-order valence-corrected chi connectivity index (χ4v) is 4.10. The zero-order chi connectivity index (χ0) is 20.4. The molecule has 4 rings (SSSR count). The number of aromatic nitrogens is 2. The maximum Gasteiger partial charge on any atom is 0.222 e. The summed E-state index contributed by atoms with van der Waals surface area (Å²) in [6.45, 7) is 5.96. The van der Waals surface area contributed by atoms with Crippen LogP contribution in [0.15, 0.2) is 41.3 Å². The van der Waals surface area contributed by atoms with E-state index in [9.17, 15) is 9.18 Å². The Labute approximate surface area is 169 Å². The Bertz CT molecular complexity index is 1020. The third-order valence-corrected chi connectivity index (χ3v) is 5.54. The summed E-state index contributed by atoms with van der Waals surface area (Å²) in [5, 5.41) is 0. The van der Waals surface area contributed by atoms with Gasteiger partial charge in [-0.15, -0.1) is 0 Å². The maximum atomic E-state index is 13.3. The first-order valence-electron chi connectivity index (χ1n) is 10.0. The minimum atomic E-state index is -0.325. The highest BCUT2D eigenvalue weighted by molar-refractivity contribution is 5.78. The number of aryl methyl sites for hydroxylation is 2. The number of para-hydroxylation sites is 1. The lowest BCUT2D eigenvalue weighted by molar-refractivity contribution is -0.133. The second kappa shape index (κ2) is 8.19. The highest BCUT2D eigenvalue weighted by Crippen LogP contribution is 2.23. The van der Waals surface area contributed by atoms with Crippen LogP contribution in [0.2, 0.25) is 0 Å². The monoisotopic (exact) mass is 396 g/mol. The number of rotatable bonds is 5. The average Bonchev–Trinajstić information content (AvgIpc) is 3.17. The summed E-state index contributed by atoms with van der Waals surface area (Å²) in [5.41, 5.74) is 3.56. The van der Waals surface area contributed by atoms with Crippen LogP contribution in [0.5, 0.6) is 0 Å². The van der Waals surface area contributed by atoms with Gasteiger partial charge in [0.05, 0.1) is 6.20 Å². The van der Waals surface area contributed by atoms with E-state index < -0.39 is 0 Å². The summed E-state index contributed by atoms with van der Waals surface area (Å²) in [5.74, 6) is 0.644. The number of carbonyl (C=O) groups excluding carboxylic acids is 1. The molecule has 1 aliphatic rings. The van der Waals surface area contributed by atoms with Crippen LogP contribution in [-0.4, -0.2) is 46.5 Å². The number of halogens is 1. The van der Waals surface area contributed by atoms with Crippen molar-refractivity contribution in [2.75, 3.05) is 24.5 Å². The van der Waals surface area contributed by atoms with Crippen molar-refractivity contribution < 1.29 is 13.6 Å². The van der Waals surface area contributed by atoms with Gasteiger partial charge in [0.2, 0.25) is 5.91 Å². The molecule has 1 fully saturated rings. The first kappa shape index (κ1) is 19.4. The fraction of sp³-hybridized carbons (Fsp3) is 0.409. The average molecular weight is 396 g/mol. The summed E-state index contributed by atoms with van der Waals surface area (Å²) < 4.78 is 18.8. The van der Waals surface area contributed by atoms with Crippen molar-refractivity contribution in [1.82, 2.24) is 14.9 Å². The molecule has 0 N–H and O–H groups in total. The van der Waals surface area contributed by atoms with E-state index in [0.717, 1.165) is 40.9 Å². The van der Waals surface area contributed by atoms with Gasteiger partial charge >= 0.3 is 0 Å². The molecule has 0 spiro atoms. The number of amides is 1. The van der Waals surface area contributed by atoms with Gasteiger partial charge in [-0.05, 0) is 49.9 Å². The molecule has 29 heavy (non-hydrogen) atoms. The molecule has 6 nitrogen and oxygen atoms in total. The Balaban J connectivity index is 1.32. The largest absolute Gasteiger partial charge is 0.443 e. The van der Waals surface area contributed by atoms with Crippen molar-refractivity contribution in [2.45, 2.75) is 39.2 Å². The van der Waals surface area contributed by atoms with Crippen LogP contribution in [0.4, 0.5) is 10.2 Å². The molecule has 2 aromatic heterocycles. The highest BCUT2D eigenvalue weighted by Gasteiger charge is 2.28. The third-order valence-electron chi connectivity index (χ3n) is 5.54. The summed E-state index contributed by atoms with van der Waals surface area (Å²) in [6, 6.07) is 7.50. The van der Waals surface area contributed by atoms with Gasteiger partial charge in [-0.25, -0.2) is 14.4 Å². The van der Waals surface area contributed by atoms with Crippen molar-refractivity contribution in [3.8, 4) is 0 Å². The zero-order valence-electron chi connectivity index (χ0n) is 16.8. The molecule has 3 heterocycles. The van der Waals surface area contributed by atoms with E-state index in [1.54, 1.807) is 0 Å². The van der Waals surface area contributed by atoms with E-state index in [1.165, 1.54) is 18.7 Å². The molecule has 0 bridgehead atoms. The number of fused-ring (bicyclic) bond motifs is 1. The predicted molar refractivity (Wildman–Crippen MR) is 109 cm³/mol. The first-order chi connectivity index (χ1) is 14.0. The first-order valence-corrected chi connectivity index (χ1v) is 10.0. The molecule has 3 aromatic rings. The van der Waals surface area contributed by atoms with Gasteiger partial charge in [0.25, 0.3) is 0 Å². The van der Waals surface area contributed by atoms with Crippen LogP contribution in [0.3, 0.4) is 0 Å². The lowest BCUT2D eigenvalue weighted by atomic mass is 10.1. The molecule has 1 saturated heterocycles. The molecule has 1 amide bonds. The predicted octanol–water partition coefficient (Wildman–Crippen LogP) is 3.73. The molecule has 1 atom stereocenters. The minimum absolute atomic E-state index is 0.0835. The van der Waals surface area contributed by atoms with E-state index in [1.807, 2.05) is 30.0 Å². The minimum Gasteiger partial charge on any atom is -0.443 e. The van der Waals surface area contributed by atoms with Crippen LogP contribution in [0, 0.1) is 12.7 Å². The van der Waals surface area contributed by atoms with Crippen molar-refractivity contribution >= 4 is 22.8 Å². The quantitative estimate of drug-likeness (QED) is 0.658. The molecule has 7 heteroatoms. The van der Waals surface area contributed by atoms with Gasteiger partial charge in [-0.3, -0.25) is 4.79 Å². The number of hydrogen-bond donors (Lipinski definition) is 0. The number of piperazine rings is 1. The topological polar surface area (TPSA) is 62.5 Å². The Morgan fingerprint density at radius 1 is 1.31 bits per heavy atom. The normalized spacial score (nSPS) is 17.1. The molecule has 152 valence electrons. The highest BCUT2D eigenvalue weighted by atomic mass is 19.1. The van der Waals surface area contributed by atoms with Crippen LogP contribution in [0.25, 0.3) is 11.1 Å². The molecular weight excluding hydrogens is 371 g/mol. The molecular formula is C22H25FN4O2. The molecule has 0 unspecified atom stereocenters. The lowest BCUT2D eigenvalue weighted by Gasteiger charge is -2.41. The smallest absolute Gasteiger partial charge is 0.222 e. The van der Waals surface area contributed by atoms with Gasteiger partial charge in [0.15, 0.2) is 12.0 Å².